The van der Waals surface area contributed by atoms with Crippen molar-refractivity contribution in [1.29, 1.82) is 0 Å². The van der Waals surface area contributed by atoms with Gasteiger partial charge in [0.15, 0.2) is 0 Å². The lowest BCUT2D eigenvalue weighted by atomic mass is 9.89. The smallest absolute Gasteiger partial charge is 0.329 e. The summed E-state index contributed by atoms with van der Waals surface area (Å²) in [4.78, 5) is 68.9. The van der Waals surface area contributed by atoms with Crippen LogP contribution in [-0.4, -0.2) is 94.4 Å². The molecule has 4 N–H and O–H groups in total. The van der Waals surface area contributed by atoms with Gasteiger partial charge in [0.1, 0.15) is 6.04 Å². The molecule has 4 aliphatic rings. The van der Waals surface area contributed by atoms with E-state index in [0.29, 0.717) is 35.9 Å². The van der Waals surface area contributed by atoms with Crippen LogP contribution in [0.5, 0.6) is 0 Å². The lowest BCUT2D eigenvalue weighted by molar-refractivity contribution is -0.136. The second-order valence-electron chi connectivity index (χ2n) is 19.2. The van der Waals surface area contributed by atoms with Gasteiger partial charge in [0, 0.05) is 68.8 Å². The summed E-state index contributed by atoms with van der Waals surface area (Å²) < 4.78 is 3.11. The number of aromatic nitrogens is 2. The number of unbranched alkanes of at least 4 members (excludes halogenated alkanes) is 2. The Labute approximate surface area is 393 Å². The first-order chi connectivity index (χ1) is 32.5. The van der Waals surface area contributed by atoms with E-state index in [1.165, 1.54) is 4.57 Å². The van der Waals surface area contributed by atoms with Crippen LogP contribution in [0.3, 0.4) is 0 Å². The zero-order chi connectivity index (χ0) is 46.6. The maximum Gasteiger partial charge on any atom is 0.329 e. The van der Waals surface area contributed by atoms with Crippen LogP contribution < -0.4 is 27.0 Å². The van der Waals surface area contributed by atoms with Crippen LogP contribution in [0.4, 0.5) is 5.69 Å². The predicted molar refractivity (Wildman–Crippen MR) is 263 cm³/mol. The second-order valence-corrected chi connectivity index (χ2v) is 19.2. The molecule has 4 amide bonds. The highest BCUT2D eigenvalue weighted by atomic mass is 16.2. The standard InChI is InChI=1S/C54H64N8O5/c1-35-12-17-41(57-42-33-55-34-42)32-46(35)52(65)56-36(2)43-18-15-39(44-9-6-7-10-45(43)44)14-13-37-22-27-60(28-23-37)26-8-4-5-11-51(64)61-29-24-38(25-30-61)40-16-19-47-49(31-40)59(3)54(67)62(47)48-20-21-50(63)58-53(48)66/h6-7,9-10,12,15-19,31-32,36-38,42,48,55,57H,4-5,8,11,20-30,33-34H2,1-3H3,(H,56,65)(H,58,63,66). The van der Waals surface area contributed by atoms with E-state index >= 15 is 0 Å². The first-order valence-corrected chi connectivity index (χ1v) is 24.5. The number of benzene rings is 4. The van der Waals surface area contributed by atoms with E-state index in [9.17, 15) is 24.0 Å². The number of fused-ring (bicyclic) bond motifs is 2. The number of hydrogen-bond acceptors (Lipinski definition) is 8. The van der Waals surface area contributed by atoms with Crippen molar-refractivity contribution in [3.05, 3.63) is 111 Å². The van der Waals surface area contributed by atoms with Crippen molar-refractivity contribution >= 4 is 51.1 Å². The molecule has 0 aliphatic carbocycles. The maximum absolute atomic E-state index is 13.6. The van der Waals surface area contributed by atoms with Crippen molar-refractivity contribution in [3.8, 4) is 11.8 Å². The number of anilines is 1. The van der Waals surface area contributed by atoms with Crippen molar-refractivity contribution in [2.24, 2.45) is 13.0 Å². The number of imide groups is 1. The van der Waals surface area contributed by atoms with Crippen molar-refractivity contribution in [2.45, 2.75) is 102 Å². The molecule has 4 aromatic carbocycles. The van der Waals surface area contributed by atoms with E-state index in [-0.39, 0.29) is 41.8 Å². The number of piperidine rings is 3. The Balaban J connectivity index is 0.697. The molecule has 13 nitrogen and oxygen atoms in total. The Morgan fingerprint density at radius 1 is 0.836 bits per heavy atom. The lowest BCUT2D eigenvalue weighted by Gasteiger charge is -2.32. The summed E-state index contributed by atoms with van der Waals surface area (Å²) in [6.45, 7) is 10.5. The maximum atomic E-state index is 13.6. The van der Waals surface area contributed by atoms with Gasteiger partial charge in [0.05, 0.1) is 23.1 Å². The fourth-order valence-electron chi connectivity index (χ4n) is 10.5. The summed E-state index contributed by atoms with van der Waals surface area (Å²) in [5.41, 5.74) is 7.04. The molecule has 2 unspecified atom stereocenters. The summed E-state index contributed by atoms with van der Waals surface area (Å²) in [6.07, 6.45) is 7.96. The molecule has 350 valence electrons. The van der Waals surface area contributed by atoms with Gasteiger partial charge in [-0.2, -0.15) is 0 Å². The normalized spacial score (nSPS) is 19.1. The monoisotopic (exact) mass is 904 g/mol. The van der Waals surface area contributed by atoms with E-state index in [2.05, 4.69) is 80.5 Å². The highest BCUT2D eigenvalue weighted by Crippen LogP contribution is 2.33. The molecule has 9 rings (SSSR count). The number of nitrogens with zero attached hydrogens (tertiary/aromatic N) is 4. The molecular formula is C54H64N8O5. The Morgan fingerprint density at radius 2 is 1.61 bits per heavy atom. The Kier molecular flexibility index (Phi) is 13.9. The topological polar surface area (TPSA) is 150 Å². The third kappa shape index (κ3) is 10.2. The molecule has 2 atom stereocenters. The van der Waals surface area contributed by atoms with Gasteiger partial charge in [-0.15, -0.1) is 0 Å². The zero-order valence-corrected chi connectivity index (χ0v) is 39.2. The predicted octanol–water partition coefficient (Wildman–Crippen LogP) is 6.68. The summed E-state index contributed by atoms with van der Waals surface area (Å²) in [5, 5.41) is 14.6. The molecule has 0 spiro atoms. The zero-order valence-electron chi connectivity index (χ0n) is 39.2. The third-order valence-corrected chi connectivity index (χ3v) is 14.7. The number of imidazole rings is 1. The van der Waals surface area contributed by atoms with E-state index in [1.54, 1.807) is 11.6 Å². The molecule has 1 aromatic heterocycles. The minimum Gasteiger partial charge on any atom is -0.380 e. The highest BCUT2D eigenvalue weighted by molar-refractivity contribution is 6.00. The summed E-state index contributed by atoms with van der Waals surface area (Å²) in [5.74, 6) is 7.22. The van der Waals surface area contributed by atoms with Crippen LogP contribution in [0.15, 0.2) is 77.6 Å². The number of nitrogens with one attached hydrogen (secondary N) is 4. The van der Waals surface area contributed by atoms with Crippen LogP contribution in [0.25, 0.3) is 21.8 Å². The summed E-state index contributed by atoms with van der Waals surface area (Å²) >= 11 is 0. The SMILES string of the molecule is Cc1ccc(NC2CNC2)cc1C(=O)NC(C)c1ccc(C#CC2CCN(CCCCCC(=O)N3CCC(c4ccc5c(c4)n(C)c(=O)n5C4CCC(=O)NC4=O)CC3)CC2)c2ccccc12. The molecule has 5 heterocycles. The molecule has 0 bridgehead atoms. The largest absolute Gasteiger partial charge is 0.380 e. The number of aryl methyl sites for hydroxylation is 2. The molecule has 0 saturated carbocycles. The number of carbonyl (C=O) groups is 4. The molecule has 13 heteroatoms. The number of likely N-dealkylation sites (tertiary alicyclic amines) is 2. The van der Waals surface area contributed by atoms with Gasteiger partial charge < -0.3 is 25.8 Å². The fraction of sp³-hybridized carbons (Fsp3) is 0.463. The number of hydrogen-bond donors (Lipinski definition) is 4. The number of amides is 4. The van der Waals surface area contributed by atoms with Crippen molar-refractivity contribution in [2.75, 3.05) is 51.1 Å². The van der Waals surface area contributed by atoms with Crippen molar-refractivity contribution in [1.82, 2.24) is 34.9 Å². The average Bonchev–Trinajstić information content (AvgIpc) is 3.57. The van der Waals surface area contributed by atoms with E-state index in [4.69, 9.17) is 0 Å². The Bertz CT molecular complexity index is 2800. The van der Waals surface area contributed by atoms with Gasteiger partial charge in [0.25, 0.3) is 5.91 Å². The Hall–Kier alpha value is -6.23. The highest BCUT2D eigenvalue weighted by Gasteiger charge is 2.32. The fourth-order valence-corrected chi connectivity index (χ4v) is 10.5. The molecule has 4 aliphatic heterocycles. The summed E-state index contributed by atoms with van der Waals surface area (Å²) in [6, 6.07) is 24.1. The van der Waals surface area contributed by atoms with Crippen molar-refractivity contribution in [3.63, 3.8) is 0 Å². The first-order valence-electron chi connectivity index (χ1n) is 24.5. The van der Waals surface area contributed by atoms with E-state index in [0.717, 1.165) is 135 Å². The minimum atomic E-state index is -0.700. The van der Waals surface area contributed by atoms with Crippen LogP contribution in [-0.2, 0) is 21.4 Å². The second kappa shape index (κ2) is 20.3. The average molecular weight is 905 g/mol. The summed E-state index contributed by atoms with van der Waals surface area (Å²) in [7, 11) is 1.72. The van der Waals surface area contributed by atoms with E-state index < -0.39 is 11.9 Å². The quantitative estimate of drug-likeness (QED) is 0.0581. The van der Waals surface area contributed by atoms with Gasteiger partial charge in [-0.25, -0.2) is 4.79 Å². The molecule has 4 saturated heterocycles. The number of rotatable bonds is 13. The van der Waals surface area contributed by atoms with Crippen LogP contribution >= 0.6 is 0 Å². The molecule has 67 heavy (non-hydrogen) atoms. The van der Waals surface area contributed by atoms with Gasteiger partial charge in [-0.1, -0.05) is 60.7 Å². The van der Waals surface area contributed by atoms with Gasteiger partial charge in [-0.05, 0) is 142 Å². The number of carbonyl (C=O) groups excluding carboxylic acids is 4. The molecule has 4 fully saturated rings. The minimum absolute atomic E-state index is 0.0772. The Morgan fingerprint density at radius 3 is 2.36 bits per heavy atom. The molecule has 5 aromatic rings. The van der Waals surface area contributed by atoms with Crippen LogP contribution in [0.2, 0.25) is 0 Å². The third-order valence-electron chi connectivity index (χ3n) is 14.7. The first kappa shape index (κ1) is 45.9. The molecular weight excluding hydrogens is 841 g/mol. The van der Waals surface area contributed by atoms with Crippen LogP contribution in [0, 0.1) is 24.7 Å². The van der Waals surface area contributed by atoms with E-state index in [1.807, 2.05) is 49.1 Å². The van der Waals surface area contributed by atoms with Crippen LogP contribution in [0.1, 0.15) is 122 Å². The van der Waals surface area contributed by atoms with Gasteiger partial charge >= 0.3 is 5.69 Å². The van der Waals surface area contributed by atoms with Gasteiger partial charge in [0.2, 0.25) is 17.7 Å². The van der Waals surface area contributed by atoms with Crippen molar-refractivity contribution < 1.29 is 19.2 Å². The van der Waals surface area contributed by atoms with Gasteiger partial charge in [-0.3, -0.25) is 33.6 Å². The lowest BCUT2D eigenvalue weighted by Crippen LogP contribution is -2.51. The molecule has 0 radical (unpaired) electrons.